The van der Waals surface area contributed by atoms with E-state index in [4.69, 9.17) is 4.74 Å². The molecule has 0 amide bonds. The standard InChI is InChI=1S/C19H29FN6O.HI/c1-3-18-25-24-15-26(18)13-12-23-19(21-10-6-14-27-2)22-11-9-16-7-4-5-8-17(16)20;/h4-5,7-8,15H,3,6,9-14H2,1-2H3,(H2,21,22,23);1H. The normalized spacial score (nSPS) is 11.2. The Morgan fingerprint density at radius 2 is 2.04 bits per heavy atom. The molecular weight excluding hydrogens is 474 g/mol. The summed E-state index contributed by atoms with van der Waals surface area (Å²) in [6.07, 6.45) is 4.03. The first-order valence-electron chi connectivity index (χ1n) is 9.35. The summed E-state index contributed by atoms with van der Waals surface area (Å²) in [5.74, 6) is 1.50. The van der Waals surface area contributed by atoms with Gasteiger partial charge in [0.1, 0.15) is 18.0 Å². The van der Waals surface area contributed by atoms with Crippen LogP contribution in [-0.4, -0.2) is 54.1 Å². The average Bonchev–Trinajstić information content (AvgIpc) is 3.13. The zero-order chi connectivity index (χ0) is 19.3. The Morgan fingerprint density at radius 1 is 1.25 bits per heavy atom. The summed E-state index contributed by atoms with van der Waals surface area (Å²) < 4.78 is 20.8. The molecule has 0 radical (unpaired) electrons. The van der Waals surface area contributed by atoms with Gasteiger partial charge >= 0.3 is 0 Å². The maximum Gasteiger partial charge on any atom is 0.191 e. The van der Waals surface area contributed by atoms with E-state index in [0.717, 1.165) is 25.2 Å². The molecule has 28 heavy (non-hydrogen) atoms. The van der Waals surface area contributed by atoms with Gasteiger partial charge in [0.2, 0.25) is 0 Å². The minimum atomic E-state index is -0.175. The van der Waals surface area contributed by atoms with Crippen molar-refractivity contribution in [2.24, 2.45) is 4.99 Å². The lowest BCUT2D eigenvalue weighted by atomic mass is 10.1. The van der Waals surface area contributed by atoms with E-state index in [1.165, 1.54) is 6.07 Å². The first kappa shape index (κ1) is 24.3. The van der Waals surface area contributed by atoms with Crippen molar-refractivity contribution in [3.8, 4) is 0 Å². The third-order valence-electron chi connectivity index (χ3n) is 4.08. The lowest BCUT2D eigenvalue weighted by Gasteiger charge is -2.14. The summed E-state index contributed by atoms with van der Waals surface area (Å²) in [6.45, 7) is 5.44. The third kappa shape index (κ3) is 8.51. The molecule has 1 aromatic heterocycles. The van der Waals surface area contributed by atoms with E-state index < -0.39 is 0 Å². The quantitative estimate of drug-likeness (QED) is 0.213. The Morgan fingerprint density at radius 3 is 2.79 bits per heavy atom. The molecule has 0 unspecified atom stereocenters. The van der Waals surface area contributed by atoms with Crippen LogP contribution in [0.3, 0.4) is 0 Å². The Balaban J connectivity index is 0.00000392. The van der Waals surface area contributed by atoms with Gasteiger partial charge in [0, 0.05) is 46.3 Å². The fourth-order valence-electron chi connectivity index (χ4n) is 2.62. The minimum absolute atomic E-state index is 0. The van der Waals surface area contributed by atoms with Crippen LogP contribution in [0.5, 0.6) is 0 Å². The van der Waals surface area contributed by atoms with Crippen molar-refractivity contribution < 1.29 is 9.13 Å². The molecule has 2 rings (SSSR count). The Bertz CT molecular complexity index is 709. The molecule has 0 spiro atoms. The van der Waals surface area contributed by atoms with Gasteiger partial charge in [-0.15, -0.1) is 34.2 Å². The number of aryl methyl sites for hydroxylation is 1. The second kappa shape index (κ2) is 14.3. The average molecular weight is 504 g/mol. The largest absolute Gasteiger partial charge is 0.385 e. The van der Waals surface area contributed by atoms with Crippen LogP contribution in [0.4, 0.5) is 4.39 Å². The number of hydrogen-bond acceptors (Lipinski definition) is 4. The number of hydrogen-bond donors (Lipinski definition) is 2. The van der Waals surface area contributed by atoms with Crippen LogP contribution in [0.15, 0.2) is 35.6 Å². The summed E-state index contributed by atoms with van der Waals surface area (Å²) in [5.41, 5.74) is 0.695. The lowest BCUT2D eigenvalue weighted by molar-refractivity contribution is 0.197. The number of benzene rings is 1. The highest BCUT2D eigenvalue weighted by Crippen LogP contribution is 2.06. The van der Waals surface area contributed by atoms with Crippen molar-refractivity contribution in [2.45, 2.75) is 32.7 Å². The summed E-state index contributed by atoms with van der Waals surface area (Å²) in [5, 5.41) is 14.6. The van der Waals surface area contributed by atoms with Crippen molar-refractivity contribution in [3.05, 3.63) is 47.8 Å². The van der Waals surface area contributed by atoms with Crippen LogP contribution in [0.25, 0.3) is 0 Å². The van der Waals surface area contributed by atoms with Gasteiger partial charge in [-0.25, -0.2) is 4.39 Å². The second-order valence-corrected chi connectivity index (χ2v) is 6.07. The predicted octanol–water partition coefficient (Wildman–Crippen LogP) is 2.41. The van der Waals surface area contributed by atoms with Crippen LogP contribution in [0, 0.1) is 5.82 Å². The van der Waals surface area contributed by atoms with Crippen LogP contribution < -0.4 is 10.6 Å². The summed E-state index contributed by atoms with van der Waals surface area (Å²) >= 11 is 0. The molecule has 0 atom stereocenters. The minimum Gasteiger partial charge on any atom is -0.385 e. The molecule has 0 saturated carbocycles. The Hall–Kier alpha value is -1.75. The van der Waals surface area contributed by atoms with E-state index in [1.807, 2.05) is 10.6 Å². The Labute approximate surface area is 183 Å². The fraction of sp³-hybridized carbons (Fsp3) is 0.526. The topological polar surface area (TPSA) is 76.4 Å². The molecule has 2 aromatic rings. The highest BCUT2D eigenvalue weighted by molar-refractivity contribution is 14.0. The maximum absolute atomic E-state index is 13.7. The molecule has 0 aliphatic carbocycles. The van der Waals surface area contributed by atoms with E-state index in [1.54, 1.807) is 25.6 Å². The highest BCUT2D eigenvalue weighted by Gasteiger charge is 2.04. The molecule has 1 aromatic carbocycles. The lowest BCUT2D eigenvalue weighted by Crippen LogP contribution is -2.40. The molecular formula is C19H30FIN6O. The monoisotopic (exact) mass is 504 g/mol. The summed E-state index contributed by atoms with van der Waals surface area (Å²) in [4.78, 5) is 4.56. The maximum atomic E-state index is 13.7. The number of nitrogens with one attached hydrogen (secondary N) is 2. The zero-order valence-electron chi connectivity index (χ0n) is 16.5. The third-order valence-corrected chi connectivity index (χ3v) is 4.08. The van der Waals surface area contributed by atoms with Crippen molar-refractivity contribution in [1.29, 1.82) is 0 Å². The van der Waals surface area contributed by atoms with E-state index in [0.29, 0.717) is 44.2 Å². The first-order chi connectivity index (χ1) is 13.2. The fourth-order valence-corrected chi connectivity index (χ4v) is 2.62. The van der Waals surface area contributed by atoms with Gasteiger partial charge in [0.15, 0.2) is 5.96 Å². The molecule has 0 fully saturated rings. The van der Waals surface area contributed by atoms with E-state index in [2.05, 4.69) is 32.7 Å². The summed E-state index contributed by atoms with van der Waals surface area (Å²) in [7, 11) is 1.68. The van der Waals surface area contributed by atoms with E-state index >= 15 is 0 Å². The molecule has 7 nitrogen and oxygen atoms in total. The van der Waals surface area contributed by atoms with E-state index in [9.17, 15) is 4.39 Å². The Kier molecular flexibility index (Phi) is 12.4. The molecule has 0 aliphatic heterocycles. The van der Waals surface area contributed by atoms with Crippen LogP contribution in [0.1, 0.15) is 24.7 Å². The van der Waals surface area contributed by atoms with Gasteiger partial charge < -0.3 is 19.9 Å². The number of aromatic nitrogens is 3. The molecule has 9 heteroatoms. The number of ether oxygens (including phenoxy) is 1. The van der Waals surface area contributed by atoms with E-state index in [-0.39, 0.29) is 29.8 Å². The molecule has 2 N–H and O–H groups in total. The number of aliphatic imine (C=N–C) groups is 1. The van der Waals surface area contributed by atoms with Crippen LogP contribution in [0.2, 0.25) is 0 Å². The number of halogens is 2. The predicted molar refractivity (Wildman–Crippen MR) is 120 cm³/mol. The number of nitrogens with zero attached hydrogens (tertiary/aromatic N) is 4. The summed E-state index contributed by atoms with van der Waals surface area (Å²) in [6, 6.07) is 6.84. The second-order valence-electron chi connectivity index (χ2n) is 6.07. The van der Waals surface area contributed by atoms with Gasteiger partial charge in [0.05, 0.1) is 0 Å². The molecule has 1 heterocycles. The molecule has 156 valence electrons. The van der Waals surface area contributed by atoms with Crippen molar-refractivity contribution in [2.75, 3.05) is 33.4 Å². The van der Waals surface area contributed by atoms with Crippen LogP contribution >= 0.6 is 24.0 Å². The number of guanidine groups is 1. The molecule has 0 bridgehead atoms. The van der Waals surface area contributed by atoms with Crippen LogP contribution in [-0.2, 0) is 24.1 Å². The van der Waals surface area contributed by atoms with Gasteiger partial charge in [-0.1, -0.05) is 25.1 Å². The van der Waals surface area contributed by atoms with Gasteiger partial charge in [-0.2, -0.15) is 0 Å². The van der Waals surface area contributed by atoms with Gasteiger partial charge in [-0.3, -0.25) is 4.99 Å². The molecule has 0 saturated heterocycles. The number of rotatable bonds is 11. The first-order valence-corrected chi connectivity index (χ1v) is 9.35. The zero-order valence-corrected chi connectivity index (χ0v) is 18.9. The van der Waals surface area contributed by atoms with Gasteiger partial charge in [0.25, 0.3) is 0 Å². The van der Waals surface area contributed by atoms with Crippen molar-refractivity contribution in [3.63, 3.8) is 0 Å². The number of methoxy groups -OCH3 is 1. The smallest absolute Gasteiger partial charge is 0.191 e. The van der Waals surface area contributed by atoms with Gasteiger partial charge in [-0.05, 0) is 24.5 Å². The van der Waals surface area contributed by atoms with Crippen molar-refractivity contribution in [1.82, 2.24) is 25.4 Å². The highest BCUT2D eigenvalue weighted by atomic mass is 127. The molecule has 0 aliphatic rings. The SMILES string of the molecule is CCc1nncn1CCNC(=NCCCOC)NCCc1ccccc1F.I. The van der Waals surface area contributed by atoms with Crippen molar-refractivity contribution >= 4 is 29.9 Å².